The number of anilines is 1. The van der Waals surface area contributed by atoms with Gasteiger partial charge in [0.1, 0.15) is 16.9 Å². The number of fused-ring (bicyclic) bond motifs is 1. The van der Waals surface area contributed by atoms with E-state index in [2.05, 4.69) is 27.3 Å². The van der Waals surface area contributed by atoms with E-state index >= 15 is 0 Å². The fraction of sp³-hybridized carbons (Fsp3) is 0.472. The lowest BCUT2D eigenvalue weighted by Crippen LogP contribution is -2.45. The molecular formula is C36H46N6O6. The third-order valence-electron chi connectivity index (χ3n) is 7.65. The molecular weight excluding hydrogens is 612 g/mol. The van der Waals surface area contributed by atoms with Crippen molar-refractivity contribution in [3.05, 3.63) is 65.4 Å². The summed E-state index contributed by atoms with van der Waals surface area (Å²) in [5, 5.41) is 21.9. The number of ether oxygens (including phenoxy) is 2. The first-order chi connectivity index (χ1) is 22.6. The first-order valence-electron chi connectivity index (χ1n) is 16.3. The van der Waals surface area contributed by atoms with Gasteiger partial charge in [0.2, 0.25) is 5.91 Å². The minimum absolute atomic E-state index is 0.00879. The molecule has 12 nitrogen and oxygen atoms in total. The third kappa shape index (κ3) is 10.8. The Morgan fingerprint density at radius 2 is 1.44 bits per heavy atom. The predicted octanol–water partition coefficient (Wildman–Crippen LogP) is 5.98. The van der Waals surface area contributed by atoms with Gasteiger partial charge in [-0.2, -0.15) is 5.26 Å². The van der Waals surface area contributed by atoms with Crippen LogP contribution >= 0.6 is 0 Å². The van der Waals surface area contributed by atoms with E-state index in [4.69, 9.17) is 9.47 Å². The molecule has 1 saturated carbocycles. The molecule has 0 atom stereocenters. The van der Waals surface area contributed by atoms with E-state index in [0.717, 1.165) is 42.1 Å². The lowest BCUT2D eigenvalue weighted by Gasteiger charge is -2.30. The lowest BCUT2D eigenvalue weighted by atomic mass is 9.91. The van der Waals surface area contributed by atoms with Crippen molar-refractivity contribution in [3.63, 3.8) is 0 Å². The molecule has 0 saturated heterocycles. The monoisotopic (exact) mass is 658 g/mol. The van der Waals surface area contributed by atoms with E-state index in [1.54, 1.807) is 45.0 Å². The highest BCUT2D eigenvalue weighted by molar-refractivity contribution is 5.99. The number of hydrogen-bond donors (Lipinski definition) is 4. The number of nitrogens with zero attached hydrogens (tertiary/aromatic N) is 2. The Morgan fingerprint density at radius 1 is 0.833 bits per heavy atom. The highest BCUT2D eigenvalue weighted by atomic mass is 16.6. The molecule has 0 aliphatic heterocycles. The van der Waals surface area contributed by atoms with Crippen LogP contribution in [-0.2, 0) is 20.8 Å². The summed E-state index contributed by atoms with van der Waals surface area (Å²) in [6, 6.07) is 16.6. The SMILES string of the molecule is CC(C)(C)OC(=O)NCCC(=O)Nc1ccc(Cn2c(C(=O)NC3CCC(NC(=O)OC(C)(C)C)CC3)cc3ccc(C#N)cc32)cc1. The van der Waals surface area contributed by atoms with Crippen molar-refractivity contribution in [2.75, 3.05) is 11.9 Å². The highest BCUT2D eigenvalue weighted by Crippen LogP contribution is 2.25. The average molecular weight is 659 g/mol. The molecule has 12 heteroatoms. The number of hydrogen-bond acceptors (Lipinski definition) is 7. The van der Waals surface area contributed by atoms with Crippen molar-refractivity contribution in [3.8, 4) is 6.07 Å². The van der Waals surface area contributed by atoms with E-state index in [1.807, 2.05) is 49.6 Å². The minimum atomic E-state index is -0.618. The fourth-order valence-corrected chi connectivity index (χ4v) is 5.49. The third-order valence-corrected chi connectivity index (χ3v) is 7.65. The molecule has 1 fully saturated rings. The Bertz CT molecular complexity index is 1670. The Morgan fingerprint density at radius 3 is 2.04 bits per heavy atom. The zero-order valence-corrected chi connectivity index (χ0v) is 28.6. The van der Waals surface area contributed by atoms with E-state index in [9.17, 15) is 24.4 Å². The maximum atomic E-state index is 13.7. The van der Waals surface area contributed by atoms with Crippen LogP contribution in [0.25, 0.3) is 10.9 Å². The van der Waals surface area contributed by atoms with Gasteiger partial charge in [-0.25, -0.2) is 9.59 Å². The van der Waals surface area contributed by atoms with Crippen molar-refractivity contribution < 1.29 is 28.7 Å². The van der Waals surface area contributed by atoms with Gasteiger partial charge in [-0.3, -0.25) is 9.59 Å². The number of carbonyl (C=O) groups excluding carboxylic acids is 4. The minimum Gasteiger partial charge on any atom is -0.444 e. The standard InChI is InChI=1S/C36H46N6O6/c1-35(2,3)47-33(45)38-18-17-31(43)39-26-11-8-23(9-12-26)22-42-29-19-24(21-37)7-10-25(29)20-30(42)32(44)40-27-13-15-28(16-14-27)41-34(46)48-36(4,5)6/h7-12,19-20,27-28H,13-18,22H2,1-6H3,(H,38,45)(H,39,43)(H,40,44)(H,41,46). The van der Waals surface area contributed by atoms with Crippen molar-refractivity contribution in [1.82, 2.24) is 20.5 Å². The van der Waals surface area contributed by atoms with Crippen LogP contribution in [0.2, 0.25) is 0 Å². The molecule has 2 aromatic carbocycles. The second kappa shape index (κ2) is 15.2. The van der Waals surface area contributed by atoms with Crippen LogP contribution < -0.4 is 21.3 Å². The first kappa shape index (κ1) is 35.8. The molecule has 1 heterocycles. The molecule has 256 valence electrons. The van der Waals surface area contributed by atoms with Crippen LogP contribution in [0.4, 0.5) is 15.3 Å². The molecule has 1 aromatic heterocycles. The second-order valence-corrected chi connectivity index (χ2v) is 14.1. The Balaban J connectivity index is 1.38. The zero-order valence-electron chi connectivity index (χ0n) is 28.6. The molecule has 1 aliphatic carbocycles. The predicted molar refractivity (Wildman–Crippen MR) is 183 cm³/mol. The molecule has 1 aliphatic rings. The largest absolute Gasteiger partial charge is 0.444 e. The van der Waals surface area contributed by atoms with Gasteiger partial charge in [-0.05, 0) is 103 Å². The first-order valence-corrected chi connectivity index (χ1v) is 16.3. The van der Waals surface area contributed by atoms with Crippen molar-refractivity contribution in [1.29, 1.82) is 5.26 Å². The number of nitriles is 1. The van der Waals surface area contributed by atoms with E-state index in [0.29, 0.717) is 23.5 Å². The maximum absolute atomic E-state index is 13.7. The molecule has 4 rings (SSSR count). The maximum Gasteiger partial charge on any atom is 0.407 e. The van der Waals surface area contributed by atoms with Gasteiger partial charge in [0, 0.05) is 42.7 Å². The summed E-state index contributed by atoms with van der Waals surface area (Å²) in [4.78, 5) is 50.1. The normalized spacial score (nSPS) is 16.4. The molecule has 0 spiro atoms. The van der Waals surface area contributed by atoms with Gasteiger partial charge in [-0.1, -0.05) is 18.2 Å². The van der Waals surface area contributed by atoms with Crippen molar-refractivity contribution in [2.24, 2.45) is 0 Å². The fourth-order valence-electron chi connectivity index (χ4n) is 5.49. The van der Waals surface area contributed by atoms with Gasteiger partial charge >= 0.3 is 12.2 Å². The van der Waals surface area contributed by atoms with Crippen molar-refractivity contribution in [2.45, 2.75) is 103 Å². The average Bonchev–Trinajstić information content (AvgIpc) is 3.34. The number of amides is 4. The summed E-state index contributed by atoms with van der Waals surface area (Å²) >= 11 is 0. The Labute approximate surface area is 281 Å². The van der Waals surface area contributed by atoms with Gasteiger partial charge in [0.05, 0.1) is 17.1 Å². The number of carbonyl (C=O) groups is 4. The van der Waals surface area contributed by atoms with Crippen LogP contribution in [0.5, 0.6) is 0 Å². The van der Waals surface area contributed by atoms with Gasteiger partial charge in [0.15, 0.2) is 0 Å². The van der Waals surface area contributed by atoms with Crippen LogP contribution in [0.1, 0.15) is 95.3 Å². The number of benzene rings is 2. The van der Waals surface area contributed by atoms with E-state index in [1.165, 1.54) is 0 Å². The molecule has 0 radical (unpaired) electrons. The number of aromatic nitrogens is 1. The van der Waals surface area contributed by atoms with Crippen LogP contribution in [0, 0.1) is 11.3 Å². The number of alkyl carbamates (subject to hydrolysis) is 2. The summed E-state index contributed by atoms with van der Waals surface area (Å²) in [6.07, 6.45) is 1.96. The van der Waals surface area contributed by atoms with E-state index < -0.39 is 23.4 Å². The lowest BCUT2D eigenvalue weighted by molar-refractivity contribution is -0.116. The Hall–Kier alpha value is -5.05. The smallest absolute Gasteiger partial charge is 0.407 e. The molecule has 3 aromatic rings. The summed E-state index contributed by atoms with van der Waals surface area (Å²) in [5.41, 5.74) is 2.03. The van der Waals surface area contributed by atoms with Crippen LogP contribution in [-0.4, -0.2) is 58.4 Å². The van der Waals surface area contributed by atoms with Gasteiger partial charge in [0.25, 0.3) is 5.91 Å². The molecule has 0 unspecified atom stereocenters. The quantitative estimate of drug-likeness (QED) is 0.220. The summed E-state index contributed by atoms with van der Waals surface area (Å²) in [6.45, 7) is 11.3. The second-order valence-electron chi connectivity index (χ2n) is 14.1. The topological polar surface area (TPSA) is 164 Å². The van der Waals surface area contributed by atoms with Crippen LogP contribution in [0.3, 0.4) is 0 Å². The number of rotatable bonds is 9. The van der Waals surface area contributed by atoms with Gasteiger partial charge in [-0.15, -0.1) is 0 Å². The molecule has 48 heavy (non-hydrogen) atoms. The Kier molecular flexibility index (Phi) is 11.4. The molecule has 0 bridgehead atoms. The zero-order chi connectivity index (χ0) is 35.1. The van der Waals surface area contributed by atoms with Crippen molar-refractivity contribution >= 4 is 40.6 Å². The summed E-state index contributed by atoms with van der Waals surface area (Å²) in [5.74, 6) is -0.468. The summed E-state index contributed by atoms with van der Waals surface area (Å²) < 4.78 is 12.5. The molecule has 4 amide bonds. The summed E-state index contributed by atoms with van der Waals surface area (Å²) in [7, 11) is 0. The number of nitrogens with one attached hydrogen (secondary N) is 4. The molecule has 4 N–H and O–H groups in total. The van der Waals surface area contributed by atoms with Gasteiger partial charge < -0.3 is 35.3 Å². The van der Waals surface area contributed by atoms with Crippen LogP contribution in [0.15, 0.2) is 48.5 Å². The van der Waals surface area contributed by atoms with E-state index in [-0.39, 0.29) is 36.9 Å². The highest BCUT2D eigenvalue weighted by Gasteiger charge is 2.27.